The summed E-state index contributed by atoms with van der Waals surface area (Å²) in [5.41, 5.74) is 1.57. The molecule has 2 N–H and O–H groups in total. The van der Waals surface area contributed by atoms with Crippen molar-refractivity contribution in [2.45, 2.75) is 57.5 Å². The molecule has 1 aliphatic carbocycles. The summed E-state index contributed by atoms with van der Waals surface area (Å²) >= 11 is 0. The van der Waals surface area contributed by atoms with E-state index in [1.54, 1.807) is 4.57 Å². The highest BCUT2D eigenvalue weighted by Gasteiger charge is 2.37. The van der Waals surface area contributed by atoms with Gasteiger partial charge >= 0.3 is 5.69 Å². The Hall–Kier alpha value is -2.57. The summed E-state index contributed by atoms with van der Waals surface area (Å²) in [6.45, 7) is 1.59. The molecule has 7 heteroatoms. The highest BCUT2D eigenvalue weighted by Crippen LogP contribution is 2.28. The Morgan fingerprint density at radius 2 is 1.93 bits per heavy atom. The van der Waals surface area contributed by atoms with Crippen molar-refractivity contribution in [3.05, 3.63) is 34.7 Å². The van der Waals surface area contributed by atoms with Crippen LogP contribution in [0.4, 0.5) is 0 Å². The van der Waals surface area contributed by atoms with Gasteiger partial charge in [-0.3, -0.25) is 14.2 Å². The molecule has 0 bridgehead atoms. The van der Waals surface area contributed by atoms with Gasteiger partial charge in [0.25, 0.3) is 0 Å². The van der Waals surface area contributed by atoms with E-state index < -0.39 is 0 Å². The predicted octanol–water partition coefficient (Wildman–Crippen LogP) is 2.02. The standard InChI is InChI=1S/C21H28N4O3/c26-19-13-15(14-25(19)16-7-2-1-3-8-16)20(27)22-11-6-12-24-18-10-5-4-9-17(18)23-21(24)28/h4-5,9-10,15-16H,1-3,6-8,11-14H2,(H,22,27)(H,23,28). The van der Waals surface area contributed by atoms with Gasteiger partial charge in [0.15, 0.2) is 0 Å². The van der Waals surface area contributed by atoms with Gasteiger partial charge in [0, 0.05) is 32.1 Å². The molecule has 1 aromatic carbocycles. The number of hydrogen-bond donors (Lipinski definition) is 2. The van der Waals surface area contributed by atoms with Crippen molar-refractivity contribution < 1.29 is 9.59 Å². The Morgan fingerprint density at radius 1 is 1.14 bits per heavy atom. The van der Waals surface area contributed by atoms with Gasteiger partial charge in [-0.05, 0) is 31.4 Å². The van der Waals surface area contributed by atoms with Crippen LogP contribution in [0.1, 0.15) is 44.9 Å². The number of rotatable bonds is 6. The number of para-hydroxylation sites is 2. The highest BCUT2D eigenvalue weighted by atomic mass is 16.2. The zero-order valence-electron chi connectivity index (χ0n) is 16.2. The molecule has 2 heterocycles. The summed E-state index contributed by atoms with van der Waals surface area (Å²) in [6, 6.07) is 7.92. The van der Waals surface area contributed by atoms with Crippen LogP contribution in [0, 0.1) is 5.92 Å². The summed E-state index contributed by atoms with van der Waals surface area (Å²) in [7, 11) is 0. The quantitative estimate of drug-likeness (QED) is 0.747. The van der Waals surface area contributed by atoms with Crippen LogP contribution in [0.15, 0.2) is 29.1 Å². The minimum absolute atomic E-state index is 0.0436. The molecule has 1 aliphatic heterocycles. The number of nitrogens with one attached hydrogen (secondary N) is 2. The van der Waals surface area contributed by atoms with E-state index in [-0.39, 0.29) is 23.4 Å². The van der Waals surface area contributed by atoms with E-state index in [0.717, 1.165) is 23.9 Å². The van der Waals surface area contributed by atoms with Crippen LogP contribution in [0.5, 0.6) is 0 Å². The maximum Gasteiger partial charge on any atom is 0.326 e. The van der Waals surface area contributed by atoms with E-state index in [9.17, 15) is 14.4 Å². The Labute approximate surface area is 164 Å². The SMILES string of the molecule is O=C(NCCCn1c(=O)[nH]c2ccccc21)C1CC(=O)N(C2CCCCC2)C1. The monoisotopic (exact) mass is 384 g/mol. The number of aryl methyl sites for hydroxylation is 1. The minimum atomic E-state index is -0.245. The van der Waals surface area contributed by atoms with Gasteiger partial charge < -0.3 is 15.2 Å². The van der Waals surface area contributed by atoms with Gasteiger partial charge in [-0.25, -0.2) is 4.79 Å². The zero-order chi connectivity index (χ0) is 19.5. The number of aromatic nitrogens is 2. The van der Waals surface area contributed by atoms with Gasteiger partial charge in [0.1, 0.15) is 0 Å². The number of carbonyl (C=O) groups excluding carboxylic acids is 2. The molecule has 1 saturated carbocycles. The molecular weight excluding hydrogens is 356 g/mol. The fourth-order valence-corrected chi connectivity index (χ4v) is 4.57. The van der Waals surface area contributed by atoms with Crippen LogP contribution in [0.3, 0.4) is 0 Å². The highest BCUT2D eigenvalue weighted by molar-refractivity contribution is 5.89. The first-order chi connectivity index (χ1) is 13.6. The number of hydrogen-bond acceptors (Lipinski definition) is 3. The molecular formula is C21H28N4O3. The Morgan fingerprint density at radius 3 is 2.75 bits per heavy atom. The Bertz CT molecular complexity index is 910. The number of nitrogens with zero attached hydrogens (tertiary/aromatic N) is 2. The predicted molar refractivity (Wildman–Crippen MR) is 107 cm³/mol. The van der Waals surface area contributed by atoms with E-state index in [2.05, 4.69) is 10.3 Å². The number of carbonyl (C=O) groups is 2. The van der Waals surface area contributed by atoms with Crippen molar-refractivity contribution in [2.75, 3.05) is 13.1 Å². The van der Waals surface area contributed by atoms with Gasteiger partial charge in [-0.1, -0.05) is 31.4 Å². The number of aromatic amines is 1. The molecule has 7 nitrogen and oxygen atoms in total. The van der Waals surface area contributed by atoms with Crippen LogP contribution in [-0.2, 0) is 16.1 Å². The van der Waals surface area contributed by atoms with Gasteiger partial charge in [0.05, 0.1) is 17.0 Å². The van der Waals surface area contributed by atoms with Crippen molar-refractivity contribution in [1.82, 2.24) is 19.8 Å². The second-order valence-electron chi connectivity index (χ2n) is 7.98. The minimum Gasteiger partial charge on any atom is -0.356 e. The summed E-state index contributed by atoms with van der Waals surface area (Å²) in [6.07, 6.45) is 6.74. The van der Waals surface area contributed by atoms with E-state index in [4.69, 9.17) is 0 Å². The summed E-state index contributed by atoms with van der Waals surface area (Å²) in [4.78, 5) is 41.7. The van der Waals surface area contributed by atoms with Crippen molar-refractivity contribution in [3.63, 3.8) is 0 Å². The van der Waals surface area contributed by atoms with Crippen molar-refractivity contribution in [3.8, 4) is 0 Å². The largest absolute Gasteiger partial charge is 0.356 e. The van der Waals surface area contributed by atoms with Crippen molar-refractivity contribution >= 4 is 22.8 Å². The van der Waals surface area contributed by atoms with Gasteiger partial charge in [-0.15, -0.1) is 0 Å². The lowest BCUT2D eigenvalue weighted by atomic mass is 9.94. The number of likely N-dealkylation sites (tertiary alicyclic amines) is 1. The van der Waals surface area contributed by atoms with Gasteiger partial charge in [0.2, 0.25) is 11.8 Å². The third-order valence-electron chi connectivity index (χ3n) is 6.08. The summed E-state index contributed by atoms with van der Waals surface area (Å²) in [5, 5.41) is 2.96. The first-order valence-corrected chi connectivity index (χ1v) is 10.4. The average Bonchev–Trinajstić information content (AvgIpc) is 3.25. The van der Waals surface area contributed by atoms with Crippen LogP contribution in [0.2, 0.25) is 0 Å². The maximum absolute atomic E-state index is 12.5. The molecule has 150 valence electrons. The number of benzene rings is 1. The normalized spacial score (nSPS) is 20.8. The second kappa shape index (κ2) is 8.20. The lowest BCUT2D eigenvalue weighted by Crippen LogP contribution is -2.39. The summed E-state index contributed by atoms with van der Waals surface area (Å²) in [5.74, 6) is -0.166. The van der Waals surface area contributed by atoms with E-state index in [1.807, 2.05) is 29.2 Å². The smallest absolute Gasteiger partial charge is 0.326 e. The molecule has 2 fully saturated rings. The first-order valence-electron chi connectivity index (χ1n) is 10.4. The van der Waals surface area contributed by atoms with E-state index in [0.29, 0.717) is 38.5 Å². The third kappa shape index (κ3) is 3.84. The maximum atomic E-state index is 12.5. The molecule has 0 spiro atoms. The van der Waals surface area contributed by atoms with E-state index >= 15 is 0 Å². The molecule has 2 aromatic rings. The molecule has 1 saturated heterocycles. The first kappa shape index (κ1) is 18.8. The molecule has 1 unspecified atom stereocenters. The Balaban J connectivity index is 1.26. The molecule has 4 rings (SSSR count). The molecule has 0 radical (unpaired) electrons. The van der Waals surface area contributed by atoms with Crippen LogP contribution >= 0.6 is 0 Å². The topological polar surface area (TPSA) is 87.2 Å². The molecule has 2 aliphatic rings. The average molecular weight is 384 g/mol. The van der Waals surface area contributed by atoms with Crippen molar-refractivity contribution in [2.24, 2.45) is 5.92 Å². The zero-order valence-corrected chi connectivity index (χ0v) is 16.2. The van der Waals surface area contributed by atoms with Crippen LogP contribution in [-0.4, -0.2) is 45.4 Å². The fraction of sp³-hybridized carbons (Fsp3) is 0.571. The van der Waals surface area contributed by atoms with Crippen LogP contribution < -0.4 is 11.0 Å². The lowest BCUT2D eigenvalue weighted by molar-refractivity contribution is -0.130. The molecule has 28 heavy (non-hydrogen) atoms. The number of amides is 2. The number of fused-ring (bicyclic) bond motifs is 1. The number of imidazole rings is 1. The molecule has 1 atom stereocenters. The van der Waals surface area contributed by atoms with Crippen molar-refractivity contribution in [1.29, 1.82) is 0 Å². The molecule has 2 amide bonds. The Kier molecular flexibility index (Phi) is 5.50. The third-order valence-corrected chi connectivity index (χ3v) is 6.08. The van der Waals surface area contributed by atoms with Gasteiger partial charge in [-0.2, -0.15) is 0 Å². The second-order valence-corrected chi connectivity index (χ2v) is 7.98. The van der Waals surface area contributed by atoms with E-state index in [1.165, 1.54) is 19.3 Å². The fourth-order valence-electron chi connectivity index (χ4n) is 4.57. The summed E-state index contributed by atoms with van der Waals surface area (Å²) < 4.78 is 1.70. The molecule has 1 aromatic heterocycles. The number of H-pyrrole nitrogens is 1. The van der Waals surface area contributed by atoms with Crippen LogP contribution in [0.25, 0.3) is 11.0 Å². The lowest BCUT2D eigenvalue weighted by Gasteiger charge is -2.31.